The Morgan fingerprint density at radius 2 is 1.82 bits per heavy atom. The van der Waals surface area contributed by atoms with Gasteiger partial charge in [0.05, 0.1) is 23.6 Å². The van der Waals surface area contributed by atoms with Gasteiger partial charge in [0.15, 0.2) is 0 Å². The van der Waals surface area contributed by atoms with Crippen molar-refractivity contribution in [2.45, 2.75) is 26.3 Å². The van der Waals surface area contributed by atoms with E-state index < -0.39 is 23.0 Å². The van der Waals surface area contributed by atoms with Crippen molar-refractivity contribution in [3.8, 4) is 0 Å². The van der Waals surface area contributed by atoms with E-state index in [1.165, 1.54) is 36.3 Å². The van der Waals surface area contributed by atoms with Crippen LogP contribution in [0.3, 0.4) is 0 Å². The molecule has 0 radical (unpaired) electrons. The molecule has 0 saturated carbocycles. The molecule has 0 aliphatic carbocycles. The zero-order valence-corrected chi connectivity index (χ0v) is 19.0. The quantitative estimate of drug-likeness (QED) is 0.317. The molecule has 4 amide bonds. The average molecular weight is 467 g/mol. The maximum absolute atomic E-state index is 12.7. The second-order valence-corrected chi connectivity index (χ2v) is 7.53. The molecule has 1 aliphatic rings. The highest BCUT2D eigenvalue weighted by Gasteiger charge is 2.36. The van der Waals surface area contributed by atoms with E-state index >= 15 is 0 Å². The Kier molecular flexibility index (Phi) is 7.46. The first-order valence-electron chi connectivity index (χ1n) is 10.5. The van der Waals surface area contributed by atoms with Gasteiger partial charge >= 0.3 is 18.0 Å². The number of urea groups is 2. The van der Waals surface area contributed by atoms with Crippen molar-refractivity contribution < 1.29 is 24.0 Å². The van der Waals surface area contributed by atoms with Gasteiger partial charge in [0.2, 0.25) is 0 Å². The Morgan fingerprint density at radius 3 is 2.44 bits per heavy atom. The second-order valence-electron chi connectivity index (χ2n) is 7.53. The van der Waals surface area contributed by atoms with Crippen LogP contribution in [0.25, 0.3) is 0 Å². The average Bonchev–Trinajstić information content (AvgIpc) is 2.81. The monoisotopic (exact) mass is 467 g/mol. The summed E-state index contributed by atoms with van der Waals surface area (Å²) in [5.41, 5.74) is 2.11. The maximum atomic E-state index is 12.7. The number of nitrogens with zero attached hydrogens (tertiary/aromatic N) is 2. The number of hydrogen-bond donors (Lipinski definition) is 3. The van der Waals surface area contributed by atoms with Crippen molar-refractivity contribution in [1.29, 1.82) is 0 Å². The second kappa shape index (κ2) is 10.5. The smallest absolute Gasteiger partial charge is 0.337 e. The SMILES string of the molecule is CCCN1C(=O)N[C@@H](c2cccc(NC(=O)Nc3ccc([N+](=O)[O-])cc3)c2)C(C(=O)OC)=C1C. The van der Waals surface area contributed by atoms with Crippen molar-refractivity contribution in [1.82, 2.24) is 10.2 Å². The predicted molar refractivity (Wildman–Crippen MR) is 125 cm³/mol. The first kappa shape index (κ1) is 24.2. The van der Waals surface area contributed by atoms with Gasteiger partial charge in [0, 0.05) is 35.7 Å². The molecule has 3 rings (SSSR count). The summed E-state index contributed by atoms with van der Waals surface area (Å²) >= 11 is 0. The zero-order valence-electron chi connectivity index (χ0n) is 19.0. The molecule has 2 aromatic rings. The highest BCUT2D eigenvalue weighted by molar-refractivity contribution is 6.00. The summed E-state index contributed by atoms with van der Waals surface area (Å²) in [7, 11) is 1.28. The zero-order chi connectivity index (χ0) is 24.8. The maximum Gasteiger partial charge on any atom is 0.337 e. The predicted octanol–water partition coefficient (Wildman–Crippen LogP) is 4.16. The highest BCUT2D eigenvalue weighted by Crippen LogP contribution is 2.32. The molecule has 0 aromatic heterocycles. The van der Waals surface area contributed by atoms with E-state index in [0.717, 1.165) is 0 Å². The number of allylic oxidation sites excluding steroid dienone is 1. The van der Waals surface area contributed by atoms with E-state index in [9.17, 15) is 24.5 Å². The van der Waals surface area contributed by atoms with Crippen LogP contribution in [-0.2, 0) is 9.53 Å². The van der Waals surface area contributed by atoms with E-state index in [0.29, 0.717) is 41.2 Å². The van der Waals surface area contributed by atoms with Crippen molar-refractivity contribution in [2.24, 2.45) is 0 Å². The summed E-state index contributed by atoms with van der Waals surface area (Å²) < 4.78 is 4.96. The van der Waals surface area contributed by atoms with Crippen molar-refractivity contribution in [3.63, 3.8) is 0 Å². The number of methoxy groups -OCH3 is 1. The van der Waals surface area contributed by atoms with Crippen LogP contribution in [-0.4, -0.2) is 41.5 Å². The number of nitrogens with one attached hydrogen (secondary N) is 3. The van der Waals surface area contributed by atoms with E-state index in [2.05, 4.69) is 16.0 Å². The lowest BCUT2D eigenvalue weighted by atomic mass is 9.94. The minimum atomic E-state index is -0.757. The summed E-state index contributed by atoms with van der Waals surface area (Å²) in [5, 5.41) is 18.9. The standard InChI is InChI=1S/C23H25N5O6/c1-4-12-27-14(2)19(21(29)34-3)20(26-23(27)31)15-6-5-7-17(13-15)25-22(30)24-16-8-10-18(11-9-16)28(32)33/h5-11,13,20H,4,12H2,1-3H3,(H,26,31)(H2,24,25,30)/t20-/m0/s1. The van der Waals surface area contributed by atoms with Crippen LogP contribution in [0.5, 0.6) is 0 Å². The third-order valence-corrected chi connectivity index (χ3v) is 5.26. The highest BCUT2D eigenvalue weighted by atomic mass is 16.6. The van der Waals surface area contributed by atoms with Crippen LogP contribution in [0, 0.1) is 10.1 Å². The number of ether oxygens (including phenoxy) is 1. The van der Waals surface area contributed by atoms with E-state index in [4.69, 9.17) is 4.74 Å². The molecular weight excluding hydrogens is 442 g/mol. The number of anilines is 2. The first-order valence-corrected chi connectivity index (χ1v) is 10.5. The minimum Gasteiger partial charge on any atom is -0.466 e. The van der Waals surface area contributed by atoms with Crippen LogP contribution in [0.4, 0.5) is 26.7 Å². The molecule has 1 atom stereocenters. The summed E-state index contributed by atoms with van der Waals surface area (Å²) in [6.07, 6.45) is 0.715. The number of non-ortho nitro benzene ring substituents is 1. The lowest BCUT2D eigenvalue weighted by Crippen LogP contribution is -2.48. The number of esters is 1. The van der Waals surface area contributed by atoms with Crippen LogP contribution < -0.4 is 16.0 Å². The largest absolute Gasteiger partial charge is 0.466 e. The van der Waals surface area contributed by atoms with Crippen LogP contribution in [0.1, 0.15) is 31.9 Å². The number of hydrogen-bond acceptors (Lipinski definition) is 6. The number of nitro benzene ring substituents is 1. The molecule has 0 fully saturated rings. The molecular formula is C23H25N5O6. The molecule has 3 N–H and O–H groups in total. The fraction of sp³-hybridized carbons (Fsp3) is 0.261. The van der Waals surface area contributed by atoms with Crippen LogP contribution in [0.2, 0.25) is 0 Å². The van der Waals surface area contributed by atoms with E-state index in [-0.39, 0.29) is 11.7 Å². The lowest BCUT2D eigenvalue weighted by Gasteiger charge is -2.35. The number of nitro groups is 1. The fourth-order valence-electron chi connectivity index (χ4n) is 3.65. The molecule has 1 aliphatic heterocycles. The number of carbonyl (C=O) groups excluding carboxylic acids is 3. The van der Waals surface area contributed by atoms with Gasteiger partial charge in [-0.3, -0.25) is 15.0 Å². The lowest BCUT2D eigenvalue weighted by molar-refractivity contribution is -0.384. The normalized spacial score (nSPS) is 15.4. The van der Waals surface area contributed by atoms with Gasteiger partial charge in [0.25, 0.3) is 5.69 Å². The summed E-state index contributed by atoms with van der Waals surface area (Å²) in [6, 6.07) is 10.5. The van der Waals surface area contributed by atoms with Gasteiger partial charge in [-0.1, -0.05) is 19.1 Å². The van der Waals surface area contributed by atoms with E-state index in [1.54, 1.807) is 31.2 Å². The van der Waals surface area contributed by atoms with Gasteiger partial charge in [-0.25, -0.2) is 14.4 Å². The Morgan fingerprint density at radius 1 is 1.15 bits per heavy atom. The number of rotatable bonds is 7. The van der Waals surface area contributed by atoms with Gasteiger partial charge in [0.1, 0.15) is 0 Å². The van der Waals surface area contributed by atoms with Crippen LogP contribution >= 0.6 is 0 Å². The number of carbonyl (C=O) groups is 3. The molecule has 2 aromatic carbocycles. The molecule has 0 spiro atoms. The third-order valence-electron chi connectivity index (χ3n) is 5.26. The number of amides is 4. The molecule has 11 heteroatoms. The Balaban J connectivity index is 1.82. The molecule has 0 bridgehead atoms. The summed E-state index contributed by atoms with van der Waals surface area (Å²) in [6.45, 7) is 4.09. The molecule has 34 heavy (non-hydrogen) atoms. The van der Waals surface area contributed by atoms with Crippen molar-refractivity contribution >= 4 is 35.1 Å². The molecule has 0 saturated heterocycles. The van der Waals surface area contributed by atoms with Crippen LogP contribution in [0.15, 0.2) is 59.8 Å². The summed E-state index contributed by atoms with van der Waals surface area (Å²) in [5.74, 6) is -0.558. The molecule has 11 nitrogen and oxygen atoms in total. The molecule has 0 unspecified atom stereocenters. The Bertz CT molecular complexity index is 1140. The summed E-state index contributed by atoms with van der Waals surface area (Å²) in [4.78, 5) is 49.4. The number of benzene rings is 2. The van der Waals surface area contributed by atoms with Gasteiger partial charge in [-0.15, -0.1) is 0 Å². The molecule has 178 valence electrons. The van der Waals surface area contributed by atoms with Crippen molar-refractivity contribution in [3.05, 3.63) is 75.5 Å². The first-order chi connectivity index (χ1) is 16.2. The Labute approximate surface area is 195 Å². The van der Waals surface area contributed by atoms with Gasteiger partial charge in [-0.2, -0.15) is 0 Å². The topological polar surface area (TPSA) is 143 Å². The Hall–Kier alpha value is -4.41. The van der Waals surface area contributed by atoms with E-state index in [1.807, 2.05) is 6.92 Å². The minimum absolute atomic E-state index is 0.0875. The van der Waals surface area contributed by atoms with Gasteiger partial charge in [-0.05, 0) is 43.2 Å². The fourth-order valence-corrected chi connectivity index (χ4v) is 3.65. The third kappa shape index (κ3) is 5.31. The van der Waals surface area contributed by atoms with Gasteiger partial charge < -0.3 is 20.7 Å². The van der Waals surface area contributed by atoms with Crippen molar-refractivity contribution in [2.75, 3.05) is 24.3 Å². The molecule has 1 heterocycles.